The third-order valence-corrected chi connectivity index (χ3v) is 5.31. The van der Waals surface area contributed by atoms with Gasteiger partial charge in [-0.05, 0) is 25.5 Å². The van der Waals surface area contributed by atoms with Crippen molar-refractivity contribution in [3.63, 3.8) is 0 Å². The second-order valence-electron chi connectivity index (χ2n) is 7.45. The molecule has 2 atom stereocenters. The van der Waals surface area contributed by atoms with Gasteiger partial charge in [0.25, 0.3) is 0 Å². The maximum atomic E-state index is 12.6. The number of imide groups is 1. The van der Waals surface area contributed by atoms with E-state index >= 15 is 0 Å². The highest BCUT2D eigenvalue weighted by Gasteiger charge is 2.47. The first-order valence-electron chi connectivity index (χ1n) is 9.36. The largest absolute Gasteiger partial charge is 0.284 e. The molecule has 6 nitrogen and oxygen atoms in total. The van der Waals surface area contributed by atoms with E-state index in [2.05, 4.69) is 17.2 Å². The first-order chi connectivity index (χ1) is 13.1. The molecule has 0 N–H and O–H groups in total. The van der Waals surface area contributed by atoms with Crippen LogP contribution in [0.15, 0.2) is 54.9 Å². The molecule has 4 rings (SSSR count). The van der Waals surface area contributed by atoms with Crippen LogP contribution in [0.1, 0.15) is 24.0 Å². The third-order valence-electron chi connectivity index (χ3n) is 5.31. The van der Waals surface area contributed by atoms with Crippen LogP contribution in [0.2, 0.25) is 0 Å². The number of fused-ring (bicyclic) bond motifs is 1. The average Bonchev–Trinajstić information content (AvgIpc) is 3.21. The maximum Gasteiger partial charge on any atom is 0.234 e. The number of aromatic nitrogens is 2. The van der Waals surface area contributed by atoms with Gasteiger partial charge in [-0.1, -0.05) is 42.5 Å². The number of hydrogen-bond acceptors (Lipinski definition) is 4. The number of allylic oxidation sites excluding steroid dienone is 2. The highest BCUT2D eigenvalue weighted by Crippen LogP contribution is 2.35. The summed E-state index contributed by atoms with van der Waals surface area (Å²) >= 11 is 0. The van der Waals surface area contributed by atoms with Gasteiger partial charge >= 0.3 is 0 Å². The first-order valence-corrected chi connectivity index (χ1v) is 9.36. The van der Waals surface area contributed by atoms with Gasteiger partial charge in [0.1, 0.15) is 0 Å². The lowest BCUT2D eigenvalue weighted by molar-refractivity contribution is -0.142. The van der Waals surface area contributed by atoms with Crippen LogP contribution in [0.5, 0.6) is 0 Å². The van der Waals surface area contributed by atoms with Gasteiger partial charge in [0, 0.05) is 18.3 Å². The summed E-state index contributed by atoms with van der Waals surface area (Å²) in [6.07, 6.45) is 9.25. The van der Waals surface area contributed by atoms with Crippen molar-refractivity contribution in [2.45, 2.75) is 25.9 Å². The number of carbonyl (C=O) groups is 2. The van der Waals surface area contributed by atoms with E-state index in [0.29, 0.717) is 26.1 Å². The van der Waals surface area contributed by atoms with Crippen LogP contribution in [0.25, 0.3) is 0 Å². The highest BCUT2D eigenvalue weighted by molar-refractivity contribution is 6.05. The summed E-state index contributed by atoms with van der Waals surface area (Å²) in [5, 5.41) is 4.42. The molecule has 1 aromatic carbocycles. The SMILES string of the molecule is CN(Cc1cnn(Cc2ccccc2)c1)CN1C(=O)[C@@H]2CC=CC[C@H]2C1=O. The van der Waals surface area contributed by atoms with E-state index in [9.17, 15) is 9.59 Å². The Morgan fingerprint density at radius 1 is 1.04 bits per heavy atom. The zero-order chi connectivity index (χ0) is 18.8. The molecule has 0 unspecified atom stereocenters. The average molecular weight is 364 g/mol. The Hall–Kier alpha value is -2.73. The number of rotatable bonds is 6. The molecule has 140 valence electrons. The van der Waals surface area contributed by atoms with Crippen molar-refractivity contribution in [3.8, 4) is 0 Å². The minimum Gasteiger partial charge on any atom is -0.284 e. The van der Waals surface area contributed by atoms with Gasteiger partial charge in [0.2, 0.25) is 11.8 Å². The summed E-state index contributed by atoms with van der Waals surface area (Å²) in [4.78, 5) is 28.6. The van der Waals surface area contributed by atoms with E-state index in [0.717, 1.165) is 12.1 Å². The van der Waals surface area contributed by atoms with E-state index in [1.165, 1.54) is 10.5 Å². The molecular formula is C21H24N4O2. The van der Waals surface area contributed by atoms with Crippen molar-refractivity contribution >= 4 is 11.8 Å². The minimum absolute atomic E-state index is 0.0269. The molecule has 2 aromatic rings. The number of carbonyl (C=O) groups excluding carboxylic acids is 2. The monoisotopic (exact) mass is 364 g/mol. The van der Waals surface area contributed by atoms with E-state index in [4.69, 9.17) is 0 Å². The maximum absolute atomic E-state index is 12.6. The second kappa shape index (κ2) is 7.48. The number of benzene rings is 1. The van der Waals surface area contributed by atoms with Crippen LogP contribution >= 0.6 is 0 Å². The van der Waals surface area contributed by atoms with Crippen LogP contribution in [-0.2, 0) is 22.7 Å². The van der Waals surface area contributed by atoms with Crippen molar-refractivity contribution in [1.82, 2.24) is 19.6 Å². The van der Waals surface area contributed by atoms with E-state index < -0.39 is 0 Å². The third kappa shape index (κ3) is 3.71. The fourth-order valence-electron chi connectivity index (χ4n) is 3.96. The lowest BCUT2D eigenvalue weighted by atomic mass is 9.85. The molecule has 2 heterocycles. The van der Waals surface area contributed by atoms with E-state index in [1.807, 2.05) is 59.4 Å². The van der Waals surface area contributed by atoms with Crippen LogP contribution < -0.4 is 0 Å². The molecule has 1 saturated heterocycles. The molecule has 0 spiro atoms. The van der Waals surface area contributed by atoms with Crippen LogP contribution in [0.4, 0.5) is 0 Å². The molecule has 1 aromatic heterocycles. The summed E-state index contributed by atoms with van der Waals surface area (Å²) in [6.45, 7) is 1.69. The summed E-state index contributed by atoms with van der Waals surface area (Å²) in [5.41, 5.74) is 2.26. The smallest absolute Gasteiger partial charge is 0.234 e. The Balaban J connectivity index is 1.35. The Morgan fingerprint density at radius 3 is 2.37 bits per heavy atom. The molecule has 0 radical (unpaired) electrons. The van der Waals surface area contributed by atoms with Crippen molar-refractivity contribution in [1.29, 1.82) is 0 Å². The molecule has 1 fully saturated rings. The fourth-order valence-corrected chi connectivity index (χ4v) is 3.96. The number of nitrogens with zero attached hydrogens (tertiary/aromatic N) is 4. The van der Waals surface area contributed by atoms with Gasteiger partial charge in [-0.25, -0.2) is 0 Å². The summed E-state index contributed by atoms with van der Waals surface area (Å²) in [7, 11) is 1.93. The molecule has 2 amide bonds. The molecular weight excluding hydrogens is 340 g/mol. The topological polar surface area (TPSA) is 58.4 Å². The molecule has 0 saturated carbocycles. The normalized spacial score (nSPS) is 21.9. The van der Waals surface area contributed by atoms with Crippen LogP contribution in [0, 0.1) is 11.8 Å². The molecule has 2 aliphatic rings. The van der Waals surface area contributed by atoms with Gasteiger partial charge < -0.3 is 0 Å². The Bertz CT molecular complexity index is 832. The first kappa shape index (κ1) is 17.7. The van der Waals surface area contributed by atoms with Crippen molar-refractivity contribution < 1.29 is 9.59 Å². The Labute approximate surface area is 159 Å². The van der Waals surface area contributed by atoms with Gasteiger partial charge in [-0.3, -0.25) is 24.1 Å². The minimum atomic E-state index is -0.162. The van der Waals surface area contributed by atoms with Crippen LogP contribution in [-0.4, -0.2) is 45.1 Å². The predicted molar refractivity (Wildman–Crippen MR) is 101 cm³/mol. The van der Waals surface area contributed by atoms with Crippen molar-refractivity contribution in [2.75, 3.05) is 13.7 Å². The number of likely N-dealkylation sites (tertiary alicyclic amines) is 1. The second-order valence-corrected chi connectivity index (χ2v) is 7.45. The van der Waals surface area contributed by atoms with Crippen LogP contribution in [0.3, 0.4) is 0 Å². The predicted octanol–water partition coefficient (Wildman–Crippen LogP) is 2.27. The zero-order valence-corrected chi connectivity index (χ0v) is 15.5. The highest BCUT2D eigenvalue weighted by atomic mass is 16.2. The molecule has 27 heavy (non-hydrogen) atoms. The summed E-state index contributed by atoms with van der Waals surface area (Å²) in [6, 6.07) is 10.2. The zero-order valence-electron chi connectivity index (χ0n) is 15.5. The lowest BCUT2D eigenvalue weighted by Crippen LogP contribution is -2.39. The van der Waals surface area contributed by atoms with Gasteiger partial charge in [0.15, 0.2) is 0 Å². The van der Waals surface area contributed by atoms with Crippen molar-refractivity contribution in [3.05, 3.63) is 66.0 Å². The molecule has 6 heteroatoms. The Morgan fingerprint density at radius 2 is 1.70 bits per heavy atom. The molecule has 0 bridgehead atoms. The standard InChI is InChI=1S/C21H24N4O2/c1-23(15-25-20(26)18-9-5-6-10-19(18)21(25)27)12-17-11-22-24(14-17)13-16-7-3-2-4-8-16/h2-8,11,14,18-19H,9-10,12-13,15H2,1H3/t18-,19-/m1/s1. The molecule has 1 aliphatic heterocycles. The van der Waals surface area contributed by atoms with Crippen molar-refractivity contribution in [2.24, 2.45) is 11.8 Å². The summed E-state index contributed by atoms with van der Waals surface area (Å²) in [5.74, 6) is -0.379. The number of amides is 2. The quantitative estimate of drug-likeness (QED) is 0.583. The van der Waals surface area contributed by atoms with Gasteiger partial charge in [-0.15, -0.1) is 0 Å². The van der Waals surface area contributed by atoms with Gasteiger partial charge in [0.05, 0.1) is 31.2 Å². The fraction of sp³-hybridized carbons (Fsp3) is 0.381. The van der Waals surface area contributed by atoms with E-state index in [1.54, 1.807) is 0 Å². The Kier molecular flexibility index (Phi) is 4.90. The summed E-state index contributed by atoms with van der Waals surface area (Å²) < 4.78 is 1.91. The number of hydrogen-bond donors (Lipinski definition) is 0. The lowest BCUT2D eigenvalue weighted by Gasteiger charge is -2.22. The van der Waals surface area contributed by atoms with Gasteiger partial charge in [-0.2, -0.15) is 5.10 Å². The molecule has 1 aliphatic carbocycles. The van der Waals surface area contributed by atoms with E-state index in [-0.39, 0.29) is 23.7 Å².